The van der Waals surface area contributed by atoms with Gasteiger partial charge in [-0.05, 0) is 0 Å². The lowest BCUT2D eigenvalue weighted by Crippen LogP contribution is -2.22. The predicted octanol–water partition coefficient (Wildman–Crippen LogP) is -1.64. The highest BCUT2D eigenvalue weighted by molar-refractivity contribution is 6.26. The molecule has 0 aliphatic heterocycles. The van der Waals surface area contributed by atoms with E-state index in [2.05, 4.69) is 46.1 Å². The van der Waals surface area contributed by atoms with Gasteiger partial charge in [0.2, 0.25) is 5.78 Å². The molecule has 0 bridgehead atoms. The van der Waals surface area contributed by atoms with E-state index in [-0.39, 0.29) is 17.2 Å². The molecule has 0 aromatic carbocycles. The summed E-state index contributed by atoms with van der Waals surface area (Å²) in [5, 5.41) is 31.8. The van der Waals surface area contributed by atoms with Gasteiger partial charge in [-0.25, -0.2) is 4.68 Å². The monoisotopic (exact) mass is 256 g/mol. The Morgan fingerprint density at radius 1 is 0.895 bits per heavy atom. The second kappa shape index (κ2) is 3.38. The number of hydrogen-bond donors (Lipinski definition) is 2. The highest BCUT2D eigenvalue weighted by Gasteiger charge is 2.35. The molecule has 3 aromatic rings. The van der Waals surface area contributed by atoms with Crippen molar-refractivity contribution in [3.63, 3.8) is 0 Å². The maximum atomic E-state index is 12.0. The number of aromatic nitrogens is 9. The molecule has 0 atom stereocenters. The van der Waals surface area contributed by atoms with E-state index < -0.39 is 0 Å². The van der Waals surface area contributed by atoms with E-state index in [1.807, 2.05) is 0 Å². The summed E-state index contributed by atoms with van der Waals surface area (Å²) in [5.41, 5.74) is 1.33. The number of nitrogens with one attached hydrogen (secondary N) is 2. The van der Waals surface area contributed by atoms with Crippen LogP contribution in [0.1, 0.15) is 27.6 Å². The Balaban J connectivity index is 2.00. The molecule has 0 unspecified atom stereocenters. The Kier molecular flexibility index (Phi) is 1.73. The van der Waals surface area contributed by atoms with E-state index in [0.717, 1.165) is 0 Å². The number of hydrogen-bond acceptors (Lipinski definition) is 8. The van der Waals surface area contributed by atoms with Gasteiger partial charge in [-0.3, -0.25) is 4.79 Å². The molecule has 19 heavy (non-hydrogen) atoms. The van der Waals surface area contributed by atoms with E-state index in [4.69, 9.17) is 0 Å². The number of aromatic amines is 2. The molecule has 0 saturated carbocycles. The number of H-pyrrole nitrogens is 2. The maximum absolute atomic E-state index is 12.0. The largest absolute Gasteiger partial charge is 0.285 e. The molecule has 11 nitrogen and oxygen atoms in total. The van der Waals surface area contributed by atoms with Gasteiger partial charge in [-0.15, -0.1) is 10.2 Å². The molecule has 2 N–H and O–H groups in total. The van der Waals surface area contributed by atoms with Crippen LogP contribution in [0.15, 0.2) is 17.8 Å². The van der Waals surface area contributed by atoms with Crippen molar-refractivity contribution in [1.29, 1.82) is 0 Å². The topological polar surface area (TPSA) is 143 Å². The first kappa shape index (κ1) is 9.76. The number of ketones is 1. The van der Waals surface area contributed by atoms with Gasteiger partial charge in [0, 0.05) is 0 Å². The molecule has 92 valence electrons. The molecule has 3 heterocycles. The first-order chi connectivity index (χ1) is 9.34. The molecule has 1 aliphatic carbocycles. The van der Waals surface area contributed by atoms with Gasteiger partial charge in [-0.2, -0.15) is 35.9 Å². The zero-order chi connectivity index (χ0) is 12.8. The Labute approximate surface area is 103 Å². The smallest absolute Gasteiger partial charge is 0.238 e. The molecule has 4 rings (SSSR count). The van der Waals surface area contributed by atoms with Crippen LogP contribution in [-0.4, -0.2) is 57.2 Å². The van der Waals surface area contributed by atoms with Gasteiger partial charge < -0.3 is 0 Å². The average Bonchev–Trinajstić information content (AvgIpc) is 3.13. The molecule has 11 heteroatoms. The van der Waals surface area contributed by atoms with Crippen molar-refractivity contribution in [3.8, 4) is 0 Å². The number of carbonyl (C=O) groups is 1. The van der Waals surface area contributed by atoms with Crippen LogP contribution in [-0.2, 0) is 0 Å². The second-order valence-corrected chi connectivity index (χ2v) is 3.66. The SMILES string of the molecule is O=C1c2n[nH]nc2C(=Nn2cnnc2)c2n[nH]nc21. The minimum absolute atomic E-state index is 0.160. The van der Waals surface area contributed by atoms with Crippen LogP contribution in [0, 0.1) is 0 Å². The molecule has 0 amide bonds. The Morgan fingerprint density at radius 3 is 2.00 bits per heavy atom. The zero-order valence-electron chi connectivity index (χ0n) is 9.14. The lowest BCUT2D eigenvalue weighted by Gasteiger charge is -2.07. The lowest BCUT2D eigenvalue weighted by atomic mass is 9.99. The van der Waals surface area contributed by atoms with Crippen molar-refractivity contribution >= 4 is 11.5 Å². The average molecular weight is 256 g/mol. The molecular formula is C8H4N10O. The first-order valence-electron chi connectivity index (χ1n) is 5.15. The van der Waals surface area contributed by atoms with Crippen LogP contribution in [0.3, 0.4) is 0 Å². The fraction of sp³-hybridized carbons (Fsp3) is 0. The normalized spacial score (nSPS) is 13.3. The summed E-state index contributed by atoms with van der Waals surface area (Å²) in [6, 6.07) is 0. The molecule has 0 spiro atoms. The summed E-state index contributed by atoms with van der Waals surface area (Å²) in [6.45, 7) is 0. The summed E-state index contributed by atoms with van der Waals surface area (Å²) in [5.74, 6) is -0.352. The van der Waals surface area contributed by atoms with Crippen LogP contribution in [0.2, 0.25) is 0 Å². The third-order valence-electron chi connectivity index (χ3n) is 2.60. The van der Waals surface area contributed by atoms with Crippen LogP contribution in [0.5, 0.6) is 0 Å². The standard InChI is InChI=1S/C8H4N10O/c19-8-6-3(11-16-13-6)5(4-7(8)14-17-12-4)15-18-1-9-10-2-18/h1-2H,(H,11,13,16)(H,12,14,17). The van der Waals surface area contributed by atoms with Crippen molar-refractivity contribution in [3.05, 3.63) is 35.4 Å². The quantitative estimate of drug-likeness (QED) is 0.415. The Morgan fingerprint density at radius 2 is 1.42 bits per heavy atom. The summed E-state index contributed by atoms with van der Waals surface area (Å²) in [7, 11) is 0. The first-order valence-corrected chi connectivity index (χ1v) is 5.15. The number of rotatable bonds is 1. The minimum Gasteiger partial charge on any atom is -0.285 e. The van der Waals surface area contributed by atoms with Gasteiger partial charge in [0.25, 0.3) is 0 Å². The predicted molar refractivity (Wildman–Crippen MR) is 57.3 cm³/mol. The third-order valence-corrected chi connectivity index (χ3v) is 2.60. The molecule has 0 radical (unpaired) electrons. The Hall–Kier alpha value is -3.24. The van der Waals surface area contributed by atoms with E-state index in [9.17, 15) is 4.79 Å². The Bertz CT molecular complexity index is 747. The van der Waals surface area contributed by atoms with Crippen LogP contribution < -0.4 is 0 Å². The summed E-state index contributed by atoms with van der Waals surface area (Å²) >= 11 is 0. The van der Waals surface area contributed by atoms with Crippen LogP contribution in [0.25, 0.3) is 0 Å². The van der Waals surface area contributed by atoms with Gasteiger partial charge >= 0.3 is 0 Å². The highest BCUT2D eigenvalue weighted by Crippen LogP contribution is 2.21. The van der Waals surface area contributed by atoms with Crippen LogP contribution in [0.4, 0.5) is 0 Å². The number of carbonyl (C=O) groups excluding carboxylic acids is 1. The molecule has 0 saturated heterocycles. The van der Waals surface area contributed by atoms with E-state index >= 15 is 0 Å². The van der Waals surface area contributed by atoms with Gasteiger partial charge in [0.15, 0.2) is 11.4 Å². The molecule has 1 aliphatic rings. The zero-order valence-corrected chi connectivity index (χ0v) is 9.14. The fourth-order valence-corrected chi connectivity index (χ4v) is 1.79. The minimum atomic E-state index is -0.352. The van der Waals surface area contributed by atoms with E-state index in [1.54, 1.807) is 0 Å². The highest BCUT2D eigenvalue weighted by atomic mass is 16.1. The van der Waals surface area contributed by atoms with E-state index in [1.165, 1.54) is 17.3 Å². The van der Waals surface area contributed by atoms with Crippen molar-refractivity contribution in [2.24, 2.45) is 5.10 Å². The number of fused-ring (bicyclic) bond motifs is 2. The molecule has 0 fully saturated rings. The second-order valence-electron chi connectivity index (χ2n) is 3.66. The van der Waals surface area contributed by atoms with Gasteiger partial charge in [-0.1, -0.05) is 0 Å². The van der Waals surface area contributed by atoms with Crippen molar-refractivity contribution in [1.82, 2.24) is 45.7 Å². The maximum Gasteiger partial charge on any atom is 0.238 e. The molecule has 3 aromatic heterocycles. The van der Waals surface area contributed by atoms with Crippen molar-refractivity contribution < 1.29 is 4.79 Å². The lowest BCUT2D eigenvalue weighted by molar-refractivity contribution is 0.102. The van der Waals surface area contributed by atoms with Gasteiger partial charge in [0.1, 0.15) is 29.8 Å². The summed E-state index contributed by atoms with van der Waals surface area (Å²) in [4.78, 5) is 12.0. The third kappa shape index (κ3) is 1.25. The van der Waals surface area contributed by atoms with E-state index in [0.29, 0.717) is 17.1 Å². The van der Waals surface area contributed by atoms with Crippen molar-refractivity contribution in [2.45, 2.75) is 0 Å². The van der Waals surface area contributed by atoms with Crippen LogP contribution >= 0.6 is 0 Å². The van der Waals surface area contributed by atoms with Crippen molar-refractivity contribution in [2.75, 3.05) is 0 Å². The number of nitrogens with zero attached hydrogens (tertiary/aromatic N) is 8. The summed E-state index contributed by atoms with van der Waals surface area (Å²) < 4.78 is 1.38. The fourth-order valence-electron chi connectivity index (χ4n) is 1.79. The molecular weight excluding hydrogens is 252 g/mol. The summed E-state index contributed by atoms with van der Waals surface area (Å²) in [6.07, 6.45) is 2.81. The van der Waals surface area contributed by atoms with Gasteiger partial charge in [0.05, 0.1) is 0 Å².